The van der Waals surface area contributed by atoms with Crippen molar-refractivity contribution in [3.05, 3.63) is 121 Å². The van der Waals surface area contributed by atoms with Gasteiger partial charge in [-0.3, -0.25) is 9.97 Å². The van der Waals surface area contributed by atoms with Crippen LogP contribution in [0.25, 0.3) is 46.1 Å². The zero-order valence-electron chi connectivity index (χ0n) is 26.5. The Hall–Kier alpha value is -3.95. The van der Waals surface area contributed by atoms with E-state index in [4.69, 9.17) is 14.5 Å². The fraction of sp³-hybridized carbons (Fsp3) is 0.256. The molecule has 0 saturated carbocycles. The van der Waals surface area contributed by atoms with E-state index in [0.29, 0.717) is 13.2 Å². The summed E-state index contributed by atoms with van der Waals surface area (Å²) in [5.74, 6) is 4.23. The van der Waals surface area contributed by atoms with Crippen LogP contribution in [0.4, 0.5) is 5.69 Å². The number of rotatable bonds is 6. The summed E-state index contributed by atoms with van der Waals surface area (Å²) in [6, 6.07) is 33.6. The maximum atomic E-state index is 5.68. The molecule has 3 aromatic heterocycles. The molecule has 8 heteroatoms. The Balaban J connectivity index is 1.13. The van der Waals surface area contributed by atoms with Gasteiger partial charge in [-0.05, 0) is 70.8 Å². The SMILES string of the molecule is C(=C\c1ccc(N2CCSCCOCCOCCSCC2)cc1)/c1ccc(-c2cc(-c3ccccn3)nc(-c3ccccn3)c2)cc1. The van der Waals surface area contributed by atoms with Crippen LogP contribution in [0.15, 0.2) is 109 Å². The van der Waals surface area contributed by atoms with Gasteiger partial charge in [-0.2, -0.15) is 23.5 Å². The molecule has 0 aliphatic carbocycles. The normalized spacial score (nSPS) is 15.6. The summed E-state index contributed by atoms with van der Waals surface area (Å²) >= 11 is 3.91. The summed E-state index contributed by atoms with van der Waals surface area (Å²) in [6.07, 6.45) is 7.95. The first-order valence-corrected chi connectivity index (χ1v) is 18.4. The van der Waals surface area contributed by atoms with Gasteiger partial charge in [0.1, 0.15) is 0 Å². The van der Waals surface area contributed by atoms with Crippen LogP contribution in [-0.4, -0.2) is 77.5 Å². The molecule has 6 rings (SSSR count). The zero-order chi connectivity index (χ0) is 31.9. The number of aromatic nitrogens is 3. The molecule has 0 amide bonds. The predicted molar refractivity (Wildman–Crippen MR) is 200 cm³/mol. The molecule has 0 spiro atoms. The summed E-state index contributed by atoms with van der Waals surface area (Å²) in [5, 5.41) is 0. The lowest BCUT2D eigenvalue weighted by Gasteiger charge is -2.25. The highest BCUT2D eigenvalue weighted by Crippen LogP contribution is 2.29. The molecule has 0 radical (unpaired) electrons. The summed E-state index contributed by atoms with van der Waals surface area (Å²) in [5.41, 5.74) is 9.13. The first-order valence-electron chi connectivity index (χ1n) is 16.1. The summed E-state index contributed by atoms with van der Waals surface area (Å²) < 4.78 is 11.4. The monoisotopic (exact) mass is 660 g/mol. The molecule has 1 aliphatic heterocycles. The van der Waals surface area contributed by atoms with Crippen molar-refractivity contribution in [2.75, 3.05) is 67.4 Å². The largest absolute Gasteiger partial charge is 0.378 e. The number of nitrogens with zero attached hydrogens (tertiary/aromatic N) is 4. The predicted octanol–water partition coefficient (Wildman–Crippen LogP) is 8.36. The summed E-state index contributed by atoms with van der Waals surface area (Å²) in [6.45, 7) is 5.03. The van der Waals surface area contributed by atoms with Gasteiger partial charge in [0.2, 0.25) is 0 Å². The van der Waals surface area contributed by atoms with E-state index in [1.54, 1.807) is 12.4 Å². The van der Waals surface area contributed by atoms with Gasteiger partial charge in [0.15, 0.2) is 0 Å². The van der Waals surface area contributed by atoms with E-state index in [1.807, 2.05) is 59.9 Å². The number of hydrogen-bond acceptors (Lipinski definition) is 8. The maximum absolute atomic E-state index is 5.68. The van der Waals surface area contributed by atoms with Crippen LogP contribution < -0.4 is 4.90 Å². The van der Waals surface area contributed by atoms with Crippen LogP contribution in [0.1, 0.15) is 11.1 Å². The van der Waals surface area contributed by atoms with Crippen LogP contribution in [0, 0.1) is 0 Å². The Kier molecular flexibility index (Phi) is 12.5. The molecule has 240 valence electrons. The van der Waals surface area contributed by atoms with Crippen molar-refractivity contribution in [1.29, 1.82) is 0 Å². The fourth-order valence-corrected chi connectivity index (χ4v) is 6.82. The minimum Gasteiger partial charge on any atom is -0.378 e. The Morgan fingerprint density at radius 2 is 1.06 bits per heavy atom. The molecule has 1 fully saturated rings. The van der Waals surface area contributed by atoms with Crippen LogP contribution in [0.2, 0.25) is 0 Å². The van der Waals surface area contributed by atoms with Crippen molar-refractivity contribution in [1.82, 2.24) is 15.0 Å². The van der Waals surface area contributed by atoms with Gasteiger partial charge < -0.3 is 14.4 Å². The van der Waals surface area contributed by atoms with Crippen molar-refractivity contribution in [3.8, 4) is 33.9 Å². The zero-order valence-corrected chi connectivity index (χ0v) is 28.2. The molecule has 4 heterocycles. The first kappa shape index (κ1) is 33.0. The second-order valence-corrected chi connectivity index (χ2v) is 13.5. The van der Waals surface area contributed by atoms with Gasteiger partial charge in [0, 0.05) is 54.2 Å². The Bertz CT molecular complexity index is 1610. The van der Waals surface area contributed by atoms with Crippen molar-refractivity contribution in [3.63, 3.8) is 0 Å². The summed E-state index contributed by atoms with van der Waals surface area (Å²) in [4.78, 5) is 16.5. The number of anilines is 1. The molecule has 0 bridgehead atoms. The molecule has 1 aliphatic rings. The number of pyridine rings is 3. The van der Waals surface area contributed by atoms with E-state index in [9.17, 15) is 0 Å². The van der Waals surface area contributed by atoms with Gasteiger partial charge in [0.05, 0.1) is 49.2 Å². The van der Waals surface area contributed by atoms with Gasteiger partial charge in [-0.25, -0.2) is 4.98 Å². The quantitative estimate of drug-likeness (QED) is 0.169. The molecule has 6 nitrogen and oxygen atoms in total. The smallest absolute Gasteiger partial charge is 0.0900 e. The Labute approximate surface area is 286 Å². The number of thioether (sulfide) groups is 2. The van der Waals surface area contributed by atoms with E-state index >= 15 is 0 Å². The van der Waals surface area contributed by atoms with Crippen LogP contribution >= 0.6 is 23.5 Å². The second-order valence-electron chi connectivity index (χ2n) is 11.0. The molecule has 2 aromatic carbocycles. The van der Waals surface area contributed by atoms with Gasteiger partial charge in [-0.1, -0.05) is 60.7 Å². The van der Waals surface area contributed by atoms with Crippen molar-refractivity contribution >= 4 is 41.4 Å². The molecule has 0 unspecified atom stereocenters. The third-order valence-corrected chi connectivity index (χ3v) is 9.63. The molecule has 0 atom stereocenters. The molecular weight excluding hydrogens is 621 g/mol. The Morgan fingerprint density at radius 3 is 1.57 bits per heavy atom. The standard InChI is InChI=1S/C39H40N4O2S2/c1-3-17-40-36(5-1)38-29-34(30-39(42-38)37-6-2-4-18-41-37)33-13-9-31(10-14-33)7-8-32-11-15-35(16-12-32)43-19-25-46-27-23-44-21-22-45-24-28-47-26-20-43/h1-18,29-30H,19-28H2/b8-7+. The van der Waals surface area contributed by atoms with E-state index < -0.39 is 0 Å². The minimum absolute atomic E-state index is 0.692. The van der Waals surface area contributed by atoms with Gasteiger partial charge >= 0.3 is 0 Å². The highest BCUT2D eigenvalue weighted by molar-refractivity contribution is 7.99. The van der Waals surface area contributed by atoms with E-state index in [0.717, 1.165) is 88.8 Å². The maximum Gasteiger partial charge on any atom is 0.0900 e. The molecule has 47 heavy (non-hydrogen) atoms. The molecule has 0 N–H and O–H groups in total. The van der Waals surface area contributed by atoms with Crippen molar-refractivity contribution in [2.24, 2.45) is 0 Å². The number of benzene rings is 2. The van der Waals surface area contributed by atoms with Crippen molar-refractivity contribution in [2.45, 2.75) is 0 Å². The average Bonchev–Trinajstić information content (AvgIpc) is 3.15. The average molecular weight is 661 g/mol. The Morgan fingerprint density at radius 1 is 0.532 bits per heavy atom. The first-order chi connectivity index (χ1) is 23.3. The number of hydrogen-bond donors (Lipinski definition) is 0. The fourth-order valence-electron chi connectivity index (χ4n) is 5.24. The van der Waals surface area contributed by atoms with E-state index in [1.165, 1.54) is 11.3 Å². The number of ether oxygens (including phenoxy) is 2. The third kappa shape index (κ3) is 10.0. The van der Waals surface area contributed by atoms with E-state index in [2.05, 4.69) is 87.7 Å². The molecule has 5 aromatic rings. The lowest BCUT2D eigenvalue weighted by Crippen LogP contribution is -2.28. The van der Waals surface area contributed by atoms with Crippen LogP contribution in [-0.2, 0) is 9.47 Å². The van der Waals surface area contributed by atoms with Crippen molar-refractivity contribution < 1.29 is 9.47 Å². The molecular formula is C39H40N4O2S2. The van der Waals surface area contributed by atoms with E-state index in [-0.39, 0.29) is 0 Å². The third-order valence-electron chi connectivity index (χ3n) is 7.78. The lowest BCUT2D eigenvalue weighted by molar-refractivity contribution is 0.0605. The van der Waals surface area contributed by atoms with Crippen LogP contribution in [0.5, 0.6) is 0 Å². The summed E-state index contributed by atoms with van der Waals surface area (Å²) in [7, 11) is 0. The van der Waals surface area contributed by atoms with Crippen LogP contribution in [0.3, 0.4) is 0 Å². The molecule has 1 saturated heterocycles. The topological polar surface area (TPSA) is 60.4 Å². The minimum atomic E-state index is 0.692. The highest BCUT2D eigenvalue weighted by atomic mass is 32.2. The lowest BCUT2D eigenvalue weighted by atomic mass is 10.0. The van der Waals surface area contributed by atoms with Gasteiger partial charge in [-0.15, -0.1) is 0 Å². The second kappa shape index (κ2) is 17.8. The van der Waals surface area contributed by atoms with Gasteiger partial charge in [0.25, 0.3) is 0 Å². The highest BCUT2D eigenvalue weighted by Gasteiger charge is 2.11.